The van der Waals surface area contributed by atoms with E-state index in [0.717, 1.165) is 24.8 Å². The predicted molar refractivity (Wildman–Crippen MR) is 98.1 cm³/mol. The Balaban J connectivity index is 1.69. The first kappa shape index (κ1) is 18.9. The number of amides is 1. The summed E-state index contributed by atoms with van der Waals surface area (Å²) in [7, 11) is 4.96. The molecule has 1 aliphatic carbocycles. The van der Waals surface area contributed by atoms with Crippen LogP contribution in [-0.2, 0) is 11.3 Å². The van der Waals surface area contributed by atoms with E-state index in [9.17, 15) is 4.79 Å². The zero-order chi connectivity index (χ0) is 18.1. The Kier molecular flexibility index (Phi) is 7.37. The summed E-state index contributed by atoms with van der Waals surface area (Å²) in [5.41, 5.74) is 1.06. The van der Waals surface area contributed by atoms with Crippen LogP contribution in [0.2, 0.25) is 0 Å². The lowest BCUT2D eigenvalue weighted by Crippen LogP contribution is -2.37. The third kappa shape index (κ3) is 6.52. The first-order chi connectivity index (χ1) is 12.2. The molecule has 2 rings (SSSR count). The molecule has 0 aromatic heterocycles. The number of benzene rings is 1. The van der Waals surface area contributed by atoms with E-state index in [1.165, 1.54) is 0 Å². The zero-order valence-electron chi connectivity index (χ0n) is 15.2. The molecule has 0 aliphatic heterocycles. The van der Waals surface area contributed by atoms with Gasteiger partial charge in [-0.25, -0.2) is 0 Å². The largest absolute Gasteiger partial charge is 0.493 e. The molecule has 1 fully saturated rings. The Morgan fingerprint density at radius 3 is 2.60 bits per heavy atom. The highest BCUT2D eigenvalue weighted by atomic mass is 16.5. The summed E-state index contributed by atoms with van der Waals surface area (Å²) < 4.78 is 10.5. The van der Waals surface area contributed by atoms with Gasteiger partial charge in [0.15, 0.2) is 17.5 Å². The number of carbonyl (C=O) groups excluding carboxylic acids is 1. The number of aliphatic imine (C=N–C) groups is 1. The lowest BCUT2D eigenvalue weighted by molar-refractivity contribution is -0.121. The van der Waals surface area contributed by atoms with Crippen LogP contribution in [0.1, 0.15) is 31.2 Å². The van der Waals surface area contributed by atoms with Crippen molar-refractivity contribution in [2.24, 2.45) is 4.99 Å². The topological polar surface area (TPSA) is 84.0 Å². The van der Waals surface area contributed by atoms with Crippen LogP contribution in [0, 0.1) is 0 Å². The first-order valence-corrected chi connectivity index (χ1v) is 8.61. The molecule has 1 aromatic carbocycles. The van der Waals surface area contributed by atoms with Gasteiger partial charge in [-0.2, -0.15) is 0 Å². The van der Waals surface area contributed by atoms with Gasteiger partial charge < -0.3 is 25.4 Å². The van der Waals surface area contributed by atoms with Crippen molar-refractivity contribution in [2.75, 3.05) is 27.8 Å². The summed E-state index contributed by atoms with van der Waals surface area (Å²) in [5.74, 6) is 2.25. The minimum absolute atomic E-state index is 0.137. The SMILES string of the molecule is CN=C(NCCCC(=O)NC1CC1)NCc1ccc(OC)c(OC)c1. The Morgan fingerprint density at radius 1 is 1.20 bits per heavy atom. The van der Waals surface area contributed by atoms with Crippen molar-refractivity contribution in [1.29, 1.82) is 0 Å². The molecule has 0 unspecified atom stereocenters. The fourth-order valence-electron chi connectivity index (χ4n) is 2.38. The van der Waals surface area contributed by atoms with Crippen LogP contribution in [0.5, 0.6) is 11.5 Å². The molecule has 0 saturated heterocycles. The number of nitrogens with one attached hydrogen (secondary N) is 3. The predicted octanol–water partition coefficient (Wildman–Crippen LogP) is 1.43. The van der Waals surface area contributed by atoms with Gasteiger partial charge in [-0.1, -0.05) is 6.07 Å². The highest BCUT2D eigenvalue weighted by molar-refractivity contribution is 5.80. The second-order valence-corrected chi connectivity index (χ2v) is 5.99. The summed E-state index contributed by atoms with van der Waals surface area (Å²) in [6.45, 7) is 1.31. The smallest absolute Gasteiger partial charge is 0.220 e. The quantitative estimate of drug-likeness (QED) is 0.357. The molecular weight excluding hydrogens is 320 g/mol. The number of nitrogens with zero attached hydrogens (tertiary/aromatic N) is 1. The van der Waals surface area contributed by atoms with Crippen LogP contribution in [0.3, 0.4) is 0 Å². The number of methoxy groups -OCH3 is 2. The Labute approximate surface area is 149 Å². The molecule has 3 N–H and O–H groups in total. The lowest BCUT2D eigenvalue weighted by atomic mass is 10.2. The Hall–Kier alpha value is -2.44. The van der Waals surface area contributed by atoms with Gasteiger partial charge >= 0.3 is 0 Å². The van der Waals surface area contributed by atoms with Crippen molar-refractivity contribution in [3.63, 3.8) is 0 Å². The summed E-state index contributed by atoms with van der Waals surface area (Å²) in [4.78, 5) is 15.8. The highest BCUT2D eigenvalue weighted by Gasteiger charge is 2.22. The number of ether oxygens (including phenoxy) is 2. The molecule has 138 valence electrons. The van der Waals surface area contributed by atoms with E-state index in [1.54, 1.807) is 21.3 Å². The van der Waals surface area contributed by atoms with E-state index >= 15 is 0 Å². The third-order valence-corrected chi connectivity index (χ3v) is 3.95. The van der Waals surface area contributed by atoms with E-state index in [0.29, 0.717) is 43.0 Å². The maximum atomic E-state index is 11.6. The third-order valence-electron chi connectivity index (χ3n) is 3.95. The highest BCUT2D eigenvalue weighted by Crippen LogP contribution is 2.27. The molecular formula is C18H28N4O3. The minimum Gasteiger partial charge on any atom is -0.493 e. The maximum Gasteiger partial charge on any atom is 0.220 e. The monoisotopic (exact) mass is 348 g/mol. The fourth-order valence-corrected chi connectivity index (χ4v) is 2.38. The molecule has 1 amide bonds. The first-order valence-electron chi connectivity index (χ1n) is 8.61. The average Bonchev–Trinajstić information content (AvgIpc) is 3.44. The maximum absolute atomic E-state index is 11.6. The molecule has 0 radical (unpaired) electrons. The molecule has 25 heavy (non-hydrogen) atoms. The van der Waals surface area contributed by atoms with Crippen molar-refractivity contribution < 1.29 is 14.3 Å². The van der Waals surface area contributed by atoms with Gasteiger partial charge in [0.1, 0.15) is 0 Å². The van der Waals surface area contributed by atoms with Gasteiger partial charge in [-0.3, -0.25) is 9.79 Å². The lowest BCUT2D eigenvalue weighted by Gasteiger charge is -2.13. The van der Waals surface area contributed by atoms with Crippen LogP contribution in [0.25, 0.3) is 0 Å². The second kappa shape index (κ2) is 9.76. The number of carbonyl (C=O) groups is 1. The van der Waals surface area contributed by atoms with E-state index < -0.39 is 0 Å². The molecule has 0 spiro atoms. The minimum atomic E-state index is 0.137. The summed E-state index contributed by atoms with van der Waals surface area (Å²) in [5, 5.41) is 9.45. The fraction of sp³-hybridized carbons (Fsp3) is 0.556. The Bertz CT molecular complexity index is 600. The van der Waals surface area contributed by atoms with Crippen LogP contribution in [0.15, 0.2) is 23.2 Å². The van der Waals surface area contributed by atoms with Crippen molar-refractivity contribution in [2.45, 2.75) is 38.3 Å². The Morgan fingerprint density at radius 2 is 1.96 bits per heavy atom. The molecule has 7 heteroatoms. The standard InChI is InChI=1S/C18H28N4O3/c1-19-18(20-10-4-5-17(23)22-14-7-8-14)21-12-13-6-9-15(24-2)16(11-13)25-3/h6,9,11,14H,4-5,7-8,10,12H2,1-3H3,(H,22,23)(H2,19,20,21). The molecule has 0 heterocycles. The molecule has 0 atom stereocenters. The number of guanidine groups is 1. The van der Waals surface area contributed by atoms with Crippen LogP contribution < -0.4 is 25.4 Å². The molecule has 1 aliphatic rings. The van der Waals surface area contributed by atoms with Gasteiger partial charge in [-0.15, -0.1) is 0 Å². The normalized spacial score (nSPS) is 14.0. The van der Waals surface area contributed by atoms with Gasteiger partial charge in [0, 0.05) is 32.6 Å². The number of hydrogen-bond acceptors (Lipinski definition) is 4. The van der Waals surface area contributed by atoms with Crippen molar-refractivity contribution in [1.82, 2.24) is 16.0 Å². The van der Waals surface area contributed by atoms with Gasteiger partial charge in [-0.05, 0) is 37.0 Å². The molecule has 7 nitrogen and oxygen atoms in total. The second-order valence-electron chi connectivity index (χ2n) is 5.99. The summed E-state index contributed by atoms with van der Waals surface area (Å²) in [6, 6.07) is 6.21. The van der Waals surface area contributed by atoms with Crippen molar-refractivity contribution in [3.8, 4) is 11.5 Å². The molecule has 0 bridgehead atoms. The van der Waals surface area contributed by atoms with Crippen molar-refractivity contribution >= 4 is 11.9 Å². The number of rotatable bonds is 9. The zero-order valence-corrected chi connectivity index (χ0v) is 15.2. The van der Waals surface area contributed by atoms with Gasteiger partial charge in [0.05, 0.1) is 14.2 Å². The summed E-state index contributed by atoms with van der Waals surface area (Å²) >= 11 is 0. The van der Waals surface area contributed by atoms with E-state index in [-0.39, 0.29) is 5.91 Å². The summed E-state index contributed by atoms with van der Waals surface area (Å²) in [6.07, 6.45) is 3.55. The van der Waals surface area contributed by atoms with E-state index in [4.69, 9.17) is 9.47 Å². The van der Waals surface area contributed by atoms with Crippen LogP contribution in [0.4, 0.5) is 0 Å². The number of hydrogen-bond donors (Lipinski definition) is 3. The van der Waals surface area contributed by atoms with E-state index in [1.807, 2.05) is 18.2 Å². The average molecular weight is 348 g/mol. The van der Waals surface area contributed by atoms with Gasteiger partial charge in [0.25, 0.3) is 0 Å². The van der Waals surface area contributed by atoms with E-state index in [2.05, 4.69) is 20.9 Å². The molecule has 1 aromatic rings. The van der Waals surface area contributed by atoms with Crippen LogP contribution >= 0.6 is 0 Å². The molecule has 1 saturated carbocycles. The van der Waals surface area contributed by atoms with Crippen LogP contribution in [-0.4, -0.2) is 45.7 Å². The van der Waals surface area contributed by atoms with Gasteiger partial charge in [0.2, 0.25) is 5.91 Å². The van der Waals surface area contributed by atoms with Crippen molar-refractivity contribution in [3.05, 3.63) is 23.8 Å².